The molecule has 0 aliphatic rings. The maximum absolute atomic E-state index is 13.3. The van der Waals surface area contributed by atoms with E-state index in [4.69, 9.17) is 9.47 Å². The molecule has 6 heteroatoms. The number of aliphatic hydroxyl groups excluding tert-OH is 1. The Labute approximate surface area is 331 Å². The Morgan fingerprint density at radius 2 is 0.962 bits per heavy atom. The molecule has 53 heavy (non-hydrogen) atoms. The highest BCUT2D eigenvalue weighted by Gasteiger charge is 2.24. The number of hydrogen-bond acceptors (Lipinski definition) is 6. The number of carbonyl (C=O) groups is 2. The summed E-state index contributed by atoms with van der Waals surface area (Å²) in [6, 6.07) is 0. The Morgan fingerprint density at radius 3 is 1.49 bits per heavy atom. The molecule has 0 fully saturated rings. The quantitative estimate of drug-likeness (QED) is 0.0494. The summed E-state index contributed by atoms with van der Waals surface area (Å²) >= 11 is 0. The smallest absolute Gasteiger partial charge is 0.308 e. The fourth-order valence-electron chi connectivity index (χ4n) is 7.38. The second kappa shape index (κ2) is 39.1. The Kier molecular flexibility index (Phi) is 38.3. The van der Waals surface area contributed by atoms with Crippen LogP contribution in [0.25, 0.3) is 0 Å². The van der Waals surface area contributed by atoms with E-state index in [1.54, 1.807) is 0 Å². The molecule has 0 aromatic rings. The third-order valence-electron chi connectivity index (χ3n) is 11.1. The molecule has 0 aromatic heterocycles. The molecule has 0 aliphatic carbocycles. The van der Waals surface area contributed by atoms with E-state index >= 15 is 0 Å². The lowest BCUT2D eigenvalue weighted by atomic mass is 9.87. The van der Waals surface area contributed by atoms with E-state index in [0.29, 0.717) is 19.6 Å². The van der Waals surface area contributed by atoms with Crippen molar-refractivity contribution in [2.24, 2.45) is 11.3 Å². The van der Waals surface area contributed by atoms with Gasteiger partial charge in [-0.25, -0.2) is 0 Å². The predicted molar refractivity (Wildman–Crippen MR) is 227 cm³/mol. The second-order valence-electron chi connectivity index (χ2n) is 17.2. The van der Waals surface area contributed by atoms with Crippen LogP contribution in [0.5, 0.6) is 0 Å². The SMILES string of the molecule is CCCCCCCCCOC(=O)CCCCCCCN(CCCO)CCCCCC(C)(C)COC(=O)C(CCCCCCCC)CCCCCCCC. The molecule has 0 unspecified atom stereocenters. The van der Waals surface area contributed by atoms with Gasteiger partial charge in [-0.05, 0) is 69.9 Å². The molecule has 0 atom stereocenters. The summed E-state index contributed by atoms with van der Waals surface area (Å²) in [6.07, 6.45) is 37.3. The van der Waals surface area contributed by atoms with Crippen molar-refractivity contribution in [1.82, 2.24) is 4.90 Å². The average Bonchev–Trinajstić information content (AvgIpc) is 3.14. The van der Waals surface area contributed by atoms with Gasteiger partial charge in [-0.1, -0.05) is 182 Å². The van der Waals surface area contributed by atoms with Crippen molar-refractivity contribution >= 4 is 11.9 Å². The van der Waals surface area contributed by atoms with Gasteiger partial charge in [0.15, 0.2) is 0 Å². The summed E-state index contributed by atoms with van der Waals surface area (Å²) in [5.74, 6) is 0.0966. The van der Waals surface area contributed by atoms with E-state index in [1.165, 1.54) is 128 Å². The zero-order valence-corrected chi connectivity index (χ0v) is 36.5. The Hall–Kier alpha value is -1.14. The molecular weight excluding hydrogens is 659 g/mol. The molecule has 0 amide bonds. The van der Waals surface area contributed by atoms with Gasteiger partial charge < -0.3 is 19.5 Å². The van der Waals surface area contributed by atoms with Crippen LogP contribution in [-0.2, 0) is 19.1 Å². The normalized spacial score (nSPS) is 11.9. The van der Waals surface area contributed by atoms with Crippen molar-refractivity contribution in [3.63, 3.8) is 0 Å². The van der Waals surface area contributed by atoms with Crippen LogP contribution in [0.4, 0.5) is 0 Å². The van der Waals surface area contributed by atoms with Crippen LogP contribution in [0.1, 0.15) is 240 Å². The molecule has 1 N–H and O–H groups in total. The summed E-state index contributed by atoms with van der Waals surface area (Å²) in [4.78, 5) is 27.8. The van der Waals surface area contributed by atoms with Gasteiger partial charge in [0, 0.05) is 19.6 Å². The number of esters is 2. The van der Waals surface area contributed by atoms with Gasteiger partial charge in [-0.3, -0.25) is 9.59 Å². The third-order valence-corrected chi connectivity index (χ3v) is 11.1. The van der Waals surface area contributed by atoms with E-state index in [2.05, 4.69) is 39.5 Å². The molecule has 6 nitrogen and oxygen atoms in total. The third kappa shape index (κ3) is 36.3. The van der Waals surface area contributed by atoms with Crippen LogP contribution in [0.15, 0.2) is 0 Å². The standard InChI is InChI=1S/C47H93NO5/c1-6-9-12-15-18-24-32-42-52-45(50)36-28-22-19-23-30-38-48(40-33-41-49)39-31-25-29-37-47(4,5)43-53-46(51)44(34-26-20-16-13-10-7-2)35-27-21-17-14-11-8-3/h44,49H,6-43H2,1-5H3. The van der Waals surface area contributed by atoms with Crippen LogP contribution < -0.4 is 0 Å². The molecular formula is C47H93NO5. The molecule has 0 spiro atoms. The highest BCUT2D eigenvalue weighted by molar-refractivity contribution is 5.72. The number of ether oxygens (including phenoxy) is 2. The van der Waals surface area contributed by atoms with E-state index < -0.39 is 0 Å². The lowest BCUT2D eigenvalue weighted by Crippen LogP contribution is -2.28. The predicted octanol–water partition coefficient (Wildman–Crippen LogP) is 13.6. The van der Waals surface area contributed by atoms with E-state index in [0.717, 1.165) is 90.3 Å². The van der Waals surface area contributed by atoms with Crippen LogP contribution in [0.2, 0.25) is 0 Å². The van der Waals surface area contributed by atoms with Crippen LogP contribution in [0.3, 0.4) is 0 Å². The summed E-state index contributed by atoms with van der Waals surface area (Å²) in [5.41, 5.74) is 0.00137. The summed E-state index contributed by atoms with van der Waals surface area (Å²) < 4.78 is 11.5. The highest BCUT2D eigenvalue weighted by atomic mass is 16.5. The Balaban J connectivity index is 4.26. The second-order valence-corrected chi connectivity index (χ2v) is 17.2. The van der Waals surface area contributed by atoms with E-state index in [9.17, 15) is 14.7 Å². The maximum atomic E-state index is 13.3. The number of aliphatic hydroxyl groups is 1. The van der Waals surface area contributed by atoms with Crippen molar-refractivity contribution in [1.29, 1.82) is 0 Å². The van der Waals surface area contributed by atoms with Crippen molar-refractivity contribution in [2.75, 3.05) is 39.5 Å². The first-order chi connectivity index (χ1) is 25.8. The molecule has 0 radical (unpaired) electrons. The van der Waals surface area contributed by atoms with Crippen molar-refractivity contribution in [3.8, 4) is 0 Å². The topological polar surface area (TPSA) is 76.1 Å². The van der Waals surface area contributed by atoms with Gasteiger partial charge >= 0.3 is 11.9 Å². The molecule has 0 saturated heterocycles. The lowest BCUT2D eigenvalue weighted by molar-refractivity contribution is -0.152. The number of unbranched alkanes of at least 4 members (excludes halogenated alkanes) is 22. The maximum Gasteiger partial charge on any atom is 0.308 e. The summed E-state index contributed by atoms with van der Waals surface area (Å²) in [6.45, 7) is 15.8. The van der Waals surface area contributed by atoms with Crippen molar-refractivity contribution in [2.45, 2.75) is 240 Å². The summed E-state index contributed by atoms with van der Waals surface area (Å²) in [5, 5.41) is 9.44. The van der Waals surface area contributed by atoms with Gasteiger partial charge in [0.05, 0.1) is 19.1 Å². The molecule has 0 saturated carbocycles. The minimum Gasteiger partial charge on any atom is -0.466 e. The highest BCUT2D eigenvalue weighted by Crippen LogP contribution is 2.27. The Bertz CT molecular complexity index is 771. The number of nitrogens with zero attached hydrogens (tertiary/aromatic N) is 1. The van der Waals surface area contributed by atoms with Gasteiger partial charge in [-0.15, -0.1) is 0 Å². The van der Waals surface area contributed by atoms with Crippen molar-refractivity contribution < 1.29 is 24.2 Å². The molecule has 0 heterocycles. The van der Waals surface area contributed by atoms with Crippen LogP contribution in [0, 0.1) is 11.3 Å². The molecule has 0 bridgehead atoms. The zero-order valence-electron chi connectivity index (χ0n) is 36.5. The van der Waals surface area contributed by atoms with Gasteiger partial charge in [0.2, 0.25) is 0 Å². The molecule has 0 rings (SSSR count). The first-order valence-electron chi connectivity index (χ1n) is 23.4. The number of carbonyl (C=O) groups excluding carboxylic acids is 2. The fourth-order valence-corrected chi connectivity index (χ4v) is 7.38. The van der Waals surface area contributed by atoms with Gasteiger partial charge in [0.25, 0.3) is 0 Å². The number of hydrogen-bond donors (Lipinski definition) is 1. The molecule has 316 valence electrons. The summed E-state index contributed by atoms with van der Waals surface area (Å²) in [7, 11) is 0. The number of rotatable bonds is 42. The molecule has 0 aliphatic heterocycles. The molecule has 0 aromatic carbocycles. The van der Waals surface area contributed by atoms with Crippen LogP contribution >= 0.6 is 0 Å². The Morgan fingerprint density at radius 1 is 0.528 bits per heavy atom. The minimum atomic E-state index is -0.0261. The van der Waals surface area contributed by atoms with E-state index in [1.807, 2.05) is 0 Å². The first-order valence-corrected chi connectivity index (χ1v) is 23.4. The largest absolute Gasteiger partial charge is 0.466 e. The fraction of sp³-hybridized carbons (Fsp3) is 0.957. The van der Waals surface area contributed by atoms with E-state index in [-0.39, 0.29) is 29.9 Å². The van der Waals surface area contributed by atoms with Crippen molar-refractivity contribution in [3.05, 3.63) is 0 Å². The zero-order chi connectivity index (χ0) is 39.1. The van der Waals surface area contributed by atoms with Gasteiger partial charge in [0.1, 0.15) is 0 Å². The monoisotopic (exact) mass is 752 g/mol. The van der Waals surface area contributed by atoms with Crippen LogP contribution in [-0.4, -0.2) is 61.4 Å². The first kappa shape index (κ1) is 51.9. The van der Waals surface area contributed by atoms with Gasteiger partial charge in [-0.2, -0.15) is 0 Å². The average molecular weight is 752 g/mol. The lowest BCUT2D eigenvalue weighted by Gasteiger charge is -2.26. The minimum absolute atomic E-state index is 0.00137.